The van der Waals surface area contributed by atoms with E-state index in [0.717, 1.165) is 18.8 Å². The molecule has 0 heterocycles. The third-order valence-electron chi connectivity index (χ3n) is 6.55. The van der Waals surface area contributed by atoms with Gasteiger partial charge in [0.15, 0.2) is 0 Å². The van der Waals surface area contributed by atoms with Crippen LogP contribution in [0.3, 0.4) is 0 Å². The van der Waals surface area contributed by atoms with Crippen molar-refractivity contribution < 1.29 is 40.1 Å². The predicted molar refractivity (Wildman–Crippen MR) is 86.8 cm³/mol. The molecular weight excluding hydrogens is 392 g/mol. The van der Waals surface area contributed by atoms with Crippen LogP contribution >= 0.6 is 0 Å². The lowest BCUT2D eigenvalue weighted by atomic mass is 9.54. The van der Waals surface area contributed by atoms with Crippen molar-refractivity contribution in [2.24, 2.45) is 29.6 Å². The van der Waals surface area contributed by atoms with Gasteiger partial charge in [-0.25, -0.2) is 0 Å². The molecule has 10 heteroatoms. The first-order valence-electron chi connectivity index (χ1n) is 9.29. The first kappa shape index (κ1) is 20.8. The Morgan fingerprint density at radius 1 is 1.04 bits per heavy atom. The van der Waals surface area contributed by atoms with E-state index in [1.807, 2.05) is 0 Å². The Hall–Kier alpha value is -0.900. The van der Waals surface area contributed by atoms with Gasteiger partial charge in [0.05, 0.1) is 13.0 Å². The van der Waals surface area contributed by atoms with Crippen molar-refractivity contribution in [1.82, 2.24) is 0 Å². The van der Waals surface area contributed by atoms with Crippen molar-refractivity contribution >= 4 is 16.1 Å². The molecule has 0 aromatic carbocycles. The Kier molecular flexibility index (Phi) is 5.53. The maximum Gasteiger partial charge on any atom is 0.431 e. The summed E-state index contributed by atoms with van der Waals surface area (Å²) in [5.74, 6) is -3.50. The number of halogens is 4. The summed E-state index contributed by atoms with van der Waals surface area (Å²) in [6.45, 7) is 0.0848. The highest BCUT2D eigenvalue weighted by molar-refractivity contribution is 7.87. The summed E-state index contributed by atoms with van der Waals surface area (Å²) in [4.78, 5) is 11.7. The van der Waals surface area contributed by atoms with Gasteiger partial charge in [-0.15, -0.1) is 0 Å². The lowest BCUT2D eigenvalue weighted by Crippen LogP contribution is -2.47. The third-order valence-corrected chi connectivity index (χ3v) is 7.49. The van der Waals surface area contributed by atoms with E-state index in [-0.39, 0.29) is 12.5 Å². The zero-order valence-corrected chi connectivity index (χ0v) is 15.6. The summed E-state index contributed by atoms with van der Waals surface area (Å²) in [6, 6.07) is 0. The van der Waals surface area contributed by atoms with Gasteiger partial charge in [0.1, 0.15) is 0 Å². The topological polar surface area (TPSA) is 80.7 Å². The number of esters is 1. The minimum atomic E-state index is -6.29. The van der Waals surface area contributed by atoms with Crippen molar-refractivity contribution in [3.8, 4) is 0 Å². The van der Waals surface area contributed by atoms with Crippen LogP contribution in [-0.2, 0) is 19.6 Å². The Morgan fingerprint density at radius 2 is 1.70 bits per heavy atom. The maximum absolute atomic E-state index is 13.4. The summed E-state index contributed by atoms with van der Waals surface area (Å²) in [7, 11) is -6.29. The monoisotopic (exact) mass is 416 g/mol. The molecule has 3 aliphatic carbocycles. The van der Waals surface area contributed by atoms with Gasteiger partial charge in [-0.3, -0.25) is 9.35 Å². The number of carbonyl (C=O) groups excluding carboxylic acids is 1. The Labute approximate surface area is 155 Å². The third kappa shape index (κ3) is 4.11. The van der Waals surface area contributed by atoms with E-state index in [1.54, 1.807) is 0 Å². The van der Waals surface area contributed by atoms with Crippen molar-refractivity contribution in [3.05, 3.63) is 0 Å². The highest BCUT2D eigenvalue weighted by Crippen LogP contribution is 2.54. The first-order valence-corrected chi connectivity index (χ1v) is 10.7. The van der Waals surface area contributed by atoms with E-state index < -0.39 is 40.1 Å². The van der Waals surface area contributed by atoms with E-state index >= 15 is 0 Å². The minimum Gasteiger partial charge on any atom is -0.465 e. The smallest absolute Gasteiger partial charge is 0.431 e. The van der Waals surface area contributed by atoms with E-state index in [9.17, 15) is 30.8 Å². The molecule has 0 amide bonds. The molecule has 0 aromatic rings. The number of rotatable bonds is 7. The predicted octanol–water partition coefficient (Wildman–Crippen LogP) is 3.89. The zero-order valence-electron chi connectivity index (χ0n) is 14.8. The molecule has 3 rings (SSSR count). The molecule has 27 heavy (non-hydrogen) atoms. The van der Waals surface area contributed by atoms with Crippen LogP contribution in [0.4, 0.5) is 17.6 Å². The van der Waals surface area contributed by atoms with Crippen LogP contribution in [0.5, 0.6) is 0 Å². The van der Waals surface area contributed by atoms with Crippen LogP contribution in [0.25, 0.3) is 0 Å². The lowest BCUT2D eigenvalue weighted by molar-refractivity contribution is -0.172. The molecule has 3 saturated carbocycles. The van der Waals surface area contributed by atoms with Crippen molar-refractivity contribution in [3.63, 3.8) is 0 Å². The number of carbonyl (C=O) groups is 1. The molecule has 156 valence electrons. The van der Waals surface area contributed by atoms with E-state index in [1.165, 1.54) is 25.7 Å². The number of ether oxygens (including phenoxy) is 1. The molecule has 3 bridgehead atoms. The fourth-order valence-corrected chi connectivity index (χ4v) is 5.82. The Morgan fingerprint density at radius 3 is 2.37 bits per heavy atom. The molecule has 1 N–H and O–H groups in total. The normalized spacial score (nSPS) is 33.7. The number of fused-ring (bicyclic) bond motifs is 2. The summed E-state index contributed by atoms with van der Waals surface area (Å²) in [5.41, 5.74) is 0. The van der Waals surface area contributed by atoms with Gasteiger partial charge in [0.25, 0.3) is 0 Å². The summed E-state index contributed by atoms with van der Waals surface area (Å²) in [6.07, 6.45) is 3.98. The molecule has 5 unspecified atom stereocenters. The van der Waals surface area contributed by atoms with Crippen molar-refractivity contribution in [2.45, 2.75) is 62.5 Å². The van der Waals surface area contributed by atoms with Gasteiger partial charge in [0, 0.05) is 6.42 Å². The molecule has 3 aliphatic rings. The zero-order chi connectivity index (χ0) is 20.0. The maximum atomic E-state index is 13.4. The van der Waals surface area contributed by atoms with Crippen LogP contribution in [0.15, 0.2) is 0 Å². The molecule has 5 atom stereocenters. The number of hydrogen-bond acceptors (Lipinski definition) is 4. The fraction of sp³-hybridized carbons (Fsp3) is 0.941. The number of alkyl halides is 4. The average molecular weight is 416 g/mol. The number of hydrogen-bond donors (Lipinski definition) is 1. The highest BCUT2D eigenvalue weighted by atomic mass is 32.2. The van der Waals surface area contributed by atoms with Crippen LogP contribution in [-0.4, -0.2) is 36.7 Å². The van der Waals surface area contributed by atoms with Crippen LogP contribution in [0, 0.1) is 29.6 Å². The molecule has 3 fully saturated rings. The molecule has 0 saturated heterocycles. The Bertz CT molecular complexity index is 675. The second-order valence-electron chi connectivity index (χ2n) is 8.32. The molecule has 0 aliphatic heterocycles. The van der Waals surface area contributed by atoms with Gasteiger partial charge in [-0.1, -0.05) is 6.42 Å². The minimum absolute atomic E-state index is 0.0848. The van der Waals surface area contributed by atoms with E-state index in [0.29, 0.717) is 17.8 Å². The SMILES string of the molecule is O=C(CCC(F)(F)C(F)(F)S(=O)(=O)O)OCC1CC2CC3CCC1C(C3)C2. The standard InChI is InChI=1S/C17H24F4O5S/c18-16(19,17(20,21)27(23,24)25)4-3-15(22)26-9-13-8-11-5-10-1-2-14(13)12(6-10)7-11/h10-14H,1-9H2,(H,23,24,25). The van der Waals surface area contributed by atoms with Gasteiger partial charge in [-0.05, 0) is 61.7 Å². The van der Waals surface area contributed by atoms with Crippen LogP contribution in [0.2, 0.25) is 0 Å². The van der Waals surface area contributed by atoms with Crippen LogP contribution in [0.1, 0.15) is 51.4 Å². The largest absolute Gasteiger partial charge is 0.465 e. The van der Waals surface area contributed by atoms with Gasteiger partial charge in [-0.2, -0.15) is 26.0 Å². The molecule has 0 aromatic heterocycles. The Balaban J connectivity index is 1.50. The van der Waals surface area contributed by atoms with Gasteiger partial charge < -0.3 is 4.74 Å². The van der Waals surface area contributed by atoms with Crippen molar-refractivity contribution in [1.29, 1.82) is 0 Å². The molecular formula is C17H24F4O5S. The quantitative estimate of drug-likeness (QED) is 0.387. The van der Waals surface area contributed by atoms with Gasteiger partial charge >= 0.3 is 27.3 Å². The second-order valence-corrected chi connectivity index (χ2v) is 9.78. The van der Waals surface area contributed by atoms with E-state index in [2.05, 4.69) is 0 Å². The average Bonchev–Trinajstić information content (AvgIpc) is 2.55. The molecule has 0 radical (unpaired) electrons. The summed E-state index contributed by atoms with van der Waals surface area (Å²) < 4.78 is 87.4. The van der Waals surface area contributed by atoms with Crippen LogP contribution < -0.4 is 0 Å². The lowest BCUT2D eigenvalue weighted by Gasteiger charge is -2.51. The first-order chi connectivity index (χ1) is 12.4. The van der Waals surface area contributed by atoms with E-state index in [4.69, 9.17) is 9.29 Å². The highest BCUT2D eigenvalue weighted by Gasteiger charge is 2.65. The molecule has 0 spiro atoms. The second kappa shape index (κ2) is 7.17. The summed E-state index contributed by atoms with van der Waals surface area (Å²) in [5, 5.41) is -5.65. The molecule has 5 nitrogen and oxygen atoms in total. The fourth-order valence-electron chi connectivity index (χ4n) is 5.34. The van der Waals surface area contributed by atoms with Crippen molar-refractivity contribution in [2.75, 3.05) is 6.61 Å². The van der Waals surface area contributed by atoms with Gasteiger partial charge in [0.2, 0.25) is 0 Å². The summed E-state index contributed by atoms with van der Waals surface area (Å²) >= 11 is 0.